The van der Waals surface area contributed by atoms with E-state index in [0.29, 0.717) is 13.0 Å². The quantitative estimate of drug-likeness (QED) is 0.743. The number of ether oxygens (including phenoxy) is 1. The van der Waals surface area contributed by atoms with Crippen molar-refractivity contribution in [3.8, 4) is 0 Å². The molecule has 0 saturated carbocycles. The molecule has 0 fully saturated rings. The van der Waals surface area contributed by atoms with Crippen molar-refractivity contribution in [1.82, 2.24) is 5.32 Å². The molecule has 2 atom stereocenters. The third-order valence-electron chi connectivity index (χ3n) is 2.88. The highest BCUT2D eigenvalue weighted by Crippen LogP contribution is 2.10. The van der Waals surface area contributed by atoms with E-state index in [1.807, 2.05) is 30.3 Å². The van der Waals surface area contributed by atoms with Gasteiger partial charge in [-0.05, 0) is 25.8 Å². The summed E-state index contributed by atoms with van der Waals surface area (Å²) in [6, 6.07) is 9.05. The number of halogens is 1. The second kappa shape index (κ2) is 10.2. The number of hydrogen-bond donors (Lipinski definition) is 2. The summed E-state index contributed by atoms with van der Waals surface area (Å²) in [6.45, 7) is 3.92. The maximum atomic E-state index is 11.9. The molecule has 1 unspecified atom stereocenters. The fourth-order valence-electron chi connectivity index (χ4n) is 1.78. The largest absolute Gasteiger partial charge is 0.466 e. The first kappa shape index (κ1) is 19.4. The second-order valence-electron chi connectivity index (χ2n) is 4.67. The number of nitrogens with one attached hydrogen (secondary N) is 1. The second-order valence-corrected chi connectivity index (χ2v) is 4.67. The predicted molar refractivity (Wildman–Crippen MR) is 84.2 cm³/mol. The first-order valence-electron chi connectivity index (χ1n) is 6.78. The number of benzene rings is 1. The number of carbonyl (C=O) groups is 2. The molecule has 6 heteroatoms. The first-order valence-corrected chi connectivity index (χ1v) is 6.78. The summed E-state index contributed by atoms with van der Waals surface area (Å²) >= 11 is 0. The van der Waals surface area contributed by atoms with Crippen LogP contribution < -0.4 is 11.1 Å². The van der Waals surface area contributed by atoms with Crippen LogP contribution in [-0.4, -0.2) is 31.1 Å². The minimum atomic E-state index is -0.588. The van der Waals surface area contributed by atoms with Gasteiger partial charge in [0.15, 0.2) is 0 Å². The fourth-order valence-corrected chi connectivity index (χ4v) is 1.78. The van der Waals surface area contributed by atoms with Crippen molar-refractivity contribution >= 4 is 24.3 Å². The Hall–Kier alpha value is -1.59. The highest BCUT2D eigenvalue weighted by Gasteiger charge is 2.21. The average Bonchev–Trinajstić information content (AvgIpc) is 2.44. The Labute approximate surface area is 131 Å². The summed E-state index contributed by atoms with van der Waals surface area (Å²) in [4.78, 5) is 23.4. The molecule has 0 saturated heterocycles. The fraction of sp³-hybridized carbons (Fsp3) is 0.467. The summed E-state index contributed by atoms with van der Waals surface area (Å²) in [5.41, 5.74) is 6.51. The molecule has 3 N–H and O–H groups in total. The van der Waals surface area contributed by atoms with Gasteiger partial charge >= 0.3 is 5.97 Å². The molecule has 0 radical (unpaired) electrons. The summed E-state index contributed by atoms with van der Waals surface area (Å²) in [7, 11) is 0. The van der Waals surface area contributed by atoms with Gasteiger partial charge in [0.25, 0.3) is 0 Å². The topological polar surface area (TPSA) is 81.4 Å². The SMILES string of the molecule is CCOC(=O)C(CNC(=O)[C@H](C)N)Cc1ccccc1.Cl. The van der Waals surface area contributed by atoms with Crippen LogP contribution in [0.1, 0.15) is 19.4 Å². The molecule has 0 aliphatic heterocycles. The van der Waals surface area contributed by atoms with E-state index < -0.39 is 12.0 Å². The number of amides is 1. The third kappa shape index (κ3) is 7.11. The van der Waals surface area contributed by atoms with Gasteiger partial charge in [-0.15, -0.1) is 12.4 Å². The lowest BCUT2D eigenvalue weighted by molar-refractivity contribution is -0.147. The van der Waals surface area contributed by atoms with Crippen LogP contribution in [0.2, 0.25) is 0 Å². The van der Waals surface area contributed by atoms with Gasteiger partial charge in [0.05, 0.1) is 18.6 Å². The van der Waals surface area contributed by atoms with Crippen LogP contribution in [0.5, 0.6) is 0 Å². The van der Waals surface area contributed by atoms with Gasteiger partial charge in [-0.1, -0.05) is 30.3 Å². The maximum Gasteiger partial charge on any atom is 0.311 e. The molecule has 0 heterocycles. The van der Waals surface area contributed by atoms with Crippen molar-refractivity contribution < 1.29 is 14.3 Å². The van der Waals surface area contributed by atoms with Crippen LogP contribution in [0.4, 0.5) is 0 Å². The van der Waals surface area contributed by atoms with E-state index in [1.165, 1.54) is 0 Å². The Morgan fingerprint density at radius 3 is 2.43 bits per heavy atom. The standard InChI is InChI=1S/C15H22N2O3.ClH/c1-3-20-15(19)13(10-17-14(18)11(2)16)9-12-7-5-4-6-8-12;/h4-8,11,13H,3,9-10,16H2,1-2H3,(H,17,18);1H/t11-,13?;/m0./s1. The Morgan fingerprint density at radius 1 is 1.29 bits per heavy atom. The summed E-state index contributed by atoms with van der Waals surface area (Å²) in [5, 5.41) is 2.68. The molecule has 1 rings (SSSR count). The number of nitrogens with two attached hydrogens (primary N) is 1. The van der Waals surface area contributed by atoms with E-state index in [0.717, 1.165) is 5.56 Å². The van der Waals surface area contributed by atoms with Gasteiger partial charge < -0.3 is 15.8 Å². The van der Waals surface area contributed by atoms with Gasteiger partial charge in [0.2, 0.25) is 5.91 Å². The Bertz CT molecular complexity index is 438. The van der Waals surface area contributed by atoms with Crippen molar-refractivity contribution in [3.05, 3.63) is 35.9 Å². The molecule has 118 valence electrons. The summed E-state index contributed by atoms with van der Waals surface area (Å²) in [5.74, 6) is -0.978. The molecular formula is C15H23ClN2O3. The van der Waals surface area contributed by atoms with E-state index in [4.69, 9.17) is 10.5 Å². The summed E-state index contributed by atoms with van der Waals surface area (Å²) < 4.78 is 5.05. The van der Waals surface area contributed by atoms with Crippen molar-refractivity contribution in [2.45, 2.75) is 26.3 Å². The molecular weight excluding hydrogens is 292 g/mol. The van der Waals surface area contributed by atoms with Crippen molar-refractivity contribution in [2.24, 2.45) is 11.7 Å². The van der Waals surface area contributed by atoms with E-state index in [9.17, 15) is 9.59 Å². The third-order valence-corrected chi connectivity index (χ3v) is 2.88. The first-order chi connectivity index (χ1) is 9.54. The molecule has 0 bridgehead atoms. The van der Waals surface area contributed by atoms with Gasteiger partial charge in [0, 0.05) is 6.54 Å². The monoisotopic (exact) mass is 314 g/mol. The van der Waals surface area contributed by atoms with E-state index >= 15 is 0 Å². The highest BCUT2D eigenvalue weighted by atomic mass is 35.5. The van der Waals surface area contributed by atoms with Crippen molar-refractivity contribution in [3.63, 3.8) is 0 Å². The highest BCUT2D eigenvalue weighted by molar-refractivity contribution is 5.85. The molecule has 0 aromatic heterocycles. The molecule has 5 nitrogen and oxygen atoms in total. The van der Waals surface area contributed by atoms with E-state index in [-0.39, 0.29) is 30.8 Å². The average molecular weight is 315 g/mol. The zero-order chi connectivity index (χ0) is 15.0. The molecule has 1 aromatic rings. The molecule has 0 aliphatic rings. The van der Waals surface area contributed by atoms with Crippen LogP contribution in [0, 0.1) is 5.92 Å². The van der Waals surface area contributed by atoms with Gasteiger partial charge in [-0.2, -0.15) is 0 Å². The predicted octanol–water partition coefficient (Wildman–Crippen LogP) is 1.29. The minimum Gasteiger partial charge on any atom is -0.466 e. The summed E-state index contributed by atoms with van der Waals surface area (Å²) in [6.07, 6.45) is 0.527. The van der Waals surface area contributed by atoms with Crippen LogP contribution in [0.25, 0.3) is 0 Å². The smallest absolute Gasteiger partial charge is 0.311 e. The normalized spacial score (nSPS) is 12.7. The van der Waals surface area contributed by atoms with Gasteiger partial charge in [-0.25, -0.2) is 0 Å². The van der Waals surface area contributed by atoms with E-state index in [2.05, 4.69) is 5.32 Å². The lowest BCUT2D eigenvalue weighted by Crippen LogP contribution is -2.42. The van der Waals surface area contributed by atoms with E-state index in [1.54, 1.807) is 13.8 Å². The number of carbonyl (C=O) groups excluding carboxylic acids is 2. The van der Waals surface area contributed by atoms with Crippen molar-refractivity contribution in [1.29, 1.82) is 0 Å². The Kier molecular flexibility index (Phi) is 9.41. The number of esters is 1. The lowest BCUT2D eigenvalue weighted by Gasteiger charge is -2.17. The molecule has 0 spiro atoms. The lowest BCUT2D eigenvalue weighted by atomic mass is 9.99. The minimum absolute atomic E-state index is 0. The van der Waals surface area contributed by atoms with Gasteiger partial charge in [0.1, 0.15) is 0 Å². The maximum absolute atomic E-state index is 11.9. The van der Waals surface area contributed by atoms with Gasteiger partial charge in [-0.3, -0.25) is 9.59 Å². The number of hydrogen-bond acceptors (Lipinski definition) is 4. The zero-order valence-electron chi connectivity index (χ0n) is 12.4. The molecule has 21 heavy (non-hydrogen) atoms. The zero-order valence-corrected chi connectivity index (χ0v) is 13.2. The Balaban J connectivity index is 0.00000400. The van der Waals surface area contributed by atoms with Crippen LogP contribution in [-0.2, 0) is 20.7 Å². The van der Waals surface area contributed by atoms with Crippen LogP contribution in [0.15, 0.2) is 30.3 Å². The molecule has 1 amide bonds. The molecule has 1 aromatic carbocycles. The van der Waals surface area contributed by atoms with Crippen LogP contribution in [0.3, 0.4) is 0 Å². The molecule has 0 aliphatic carbocycles. The van der Waals surface area contributed by atoms with Crippen molar-refractivity contribution in [2.75, 3.05) is 13.2 Å². The Morgan fingerprint density at radius 2 is 1.90 bits per heavy atom. The number of rotatable bonds is 7. The van der Waals surface area contributed by atoms with Crippen LogP contribution >= 0.6 is 12.4 Å².